The van der Waals surface area contributed by atoms with Gasteiger partial charge < -0.3 is 9.84 Å². The van der Waals surface area contributed by atoms with Crippen molar-refractivity contribution in [3.63, 3.8) is 0 Å². The van der Waals surface area contributed by atoms with Gasteiger partial charge in [-0.2, -0.15) is 0 Å². The number of carbonyl (C=O) groups is 2. The van der Waals surface area contributed by atoms with Crippen molar-refractivity contribution in [3.05, 3.63) is 71.5 Å². The number of benzene rings is 2. The molecule has 0 heterocycles. The maximum Gasteiger partial charge on any atom is 0.306 e. The van der Waals surface area contributed by atoms with Crippen LogP contribution in [0.2, 0.25) is 0 Å². The van der Waals surface area contributed by atoms with Gasteiger partial charge in [0, 0.05) is 0 Å². The maximum absolute atomic E-state index is 13.7. The number of hydrogen-bond donors (Lipinski definition) is 1. The fourth-order valence-corrected chi connectivity index (χ4v) is 2.38. The minimum absolute atomic E-state index is 0.182. The van der Waals surface area contributed by atoms with Gasteiger partial charge in [-0.25, -0.2) is 4.39 Å². The number of carboxylic acid groups (broad SMARTS) is 1. The minimum Gasteiger partial charge on any atom is -0.481 e. The molecular weight excluding hydrogens is 311 g/mol. The summed E-state index contributed by atoms with van der Waals surface area (Å²) in [5, 5.41) is 8.65. The molecule has 1 N–H and O–H groups in total. The van der Waals surface area contributed by atoms with E-state index in [9.17, 15) is 14.0 Å². The summed E-state index contributed by atoms with van der Waals surface area (Å²) < 4.78 is 19.2. The highest BCUT2D eigenvalue weighted by Gasteiger charge is 2.18. The lowest BCUT2D eigenvalue weighted by Crippen LogP contribution is -2.14. The van der Waals surface area contributed by atoms with E-state index in [4.69, 9.17) is 9.84 Å². The first-order chi connectivity index (χ1) is 11.6. The molecule has 0 aliphatic heterocycles. The zero-order valence-corrected chi connectivity index (χ0v) is 13.2. The molecule has 0 spiro atoms. The summed E-state index contributed by atoms with van der Waals surface area (Å²) in [4.78, 5) is 22.4. The Morgan fingerprint density at radius 3 is 2.33 bits per heavy atom. The van der Waals surface area contributed by atoms with Crippen LogP contribution in [0.5, 0.6) is 0 Å². The van der Waals surface area contributed by atoms with E-state index < -0.39 is 18.0 Å². The van der Waals surface area contributed by atoms with Crippen molar-refractivity contribution in [2.45, 2.75) is 31.8 Å². The molecule has 126 valence electrons. The fraction of sp³-hybridized carbons (Fsp3) is 0.263. The summed E-state index contributed by atoms with van der Waals surface area (Å²) in [6.45, 7) is 0. The summed E-state index contributed by atoms with van der Waals surface area (Å²) >= 11 is 0. The Balaban J connectivity index is 2.04. The molecular formula is C19H19FO4. The van der Waals surface area contributed by atoms with Crippen molar-refractivity contribution in [1.82, 2.24) is 0 Å². The number of carbonyl (C=O) groups excluding carboxylic acids is 1. The highest BCUT2D eigenvalue weighted by molar-refractivity contribution is 5.76. The van der Waals surface area contributed by atoms with E-state index in [2.05, 4.69) is 0 Å². The van der Waals surface area contributed by atoms with Crippen LogP contribution in [0.4, 0.5) is 4.39 Å². The standard InChI is InChI=1S/C19H19FO4/c20-16-9-5-4-6-14(16)10-11-17(15-7-2-1-3-8-15)24-19(23)13-12-18(21)22/h1-9,17H,10-13H2,(H,21,22). The highest BCUT2D eigenvalue weighted by atomic mass is 19.1. The Kier molecular flexibility index (Phi) is 6.49. The molecule has 24 heavy (non-hydrogen) atoms. The van der Waals surface area contributed by atoms with Crippen LogP contribution in [-0.2, 0) is 20.7 Å². The molecule has 0 amide bonds. The van der Waals surface area contributed by atoms with Crippen LogP contribution in [0.1, 0.15) is 36.5 Å². The number of aryl methyl sites for hydroxylation is 1. The summed E-state index contributed by atoms with van der Waals surface area (Å²) in [5.41, 5.74) is 1.36. The molecule has 5 heteroatoms. The van der Waals surface area contributed by atoms with Gasteiger partial charge in [0.1, 0.15) is 11.9 Å². The third-order valence-corrected chi connectivity index (χ3v) is 3.62. The van der Waals surface area contributed by atoms with Gasteiger partial charge in [0.25, 0.3) is 0 Å². The Hall–Kier alpha value is -2.69. The molecule has 4 nitrogen and oxygen atoms in total. The number of esters is 1. The van der Waals surface area contributed by atoms with E-state index in [1.165, 1.54) is 6.07 Å². The van der Waals surface area contributed by atoms with Crippen molar-refractivity contribution in [2.24, 2.45) is 0 Å². The predicted molar refractivity (Wildman–Crippen MR) is 86.9 cm³/mol. The smallest absolute Gasteiger partial charge is 0.306 e. The van der Waals surface area contributed by atoms with Crippen LogP contribution < -0.4 is 0 Å². The van der Waals surface area contributed by atoms with Gasteiger partial charge in [-0.3, -0.25) is 9.59 Å². The Morgan fingerprint density at radius 1 is 1.00 bits per heavy atom. The summed E-state index contributed by atoms with van der Waals surface area (Å²) in [6, 6.07) is 15.6. The predicted octanol–water partition coefficient (Wildman–Crippen LogP) is 3.91. The molecule has 0 aliphatic rings. The first-order valence-corrected chi connectivity index (χ1v) is 7.76. The largest absolute Gasteiger partial charge is 0.481 e. The average Bonchev–Trinajstić information content (AvgIpc) is 2.59. The van der Waals surface area contributed by atoms with Crippen molar-refractivity contribution < 1.29 is 23.8 Å². The maximum atomic E-state index is 13.7. The van der Waals surface area contributed by atoms with Crippen LogP contribution >= 0.6 is 0 Å². The topological polar surface area (TPSA) is 63.6 Å². The molecule has 0 saturated carbocycles. The van der Waals surface area contributed by atoms with Gasteiger partial charge in [0.05, 0.1) is 12.8 Å². The van der Waals surface area contributed by atoms with Crippen molar-refractivity contribution in [2.75, 3.05) is 0 Å². The molecule has 2 aromatic rings. The molecule has 1 unspecified atom stereocenters. The lowest BCUT2D eigenvalue weighted by molar-refractivity contribution is -0.152. The monoisotopic (exact) mass is 330 g/mol. The number of aliphatic carboxylic acids is 1. The van der Waals surface area contributed by atoms with E-state index in [0.29, 0.717) is 18.4 Å². The number of carboxylic acids is 1. The summed E-state index contributed by atoms with van der Waals surface area (Å²) in [7, 11) is 0. The Labute approximate surface area is 139 Å². The van der Waals surface area contributed by atoms with E-state index in [0.717, 1.165) is 5.56 Å². The molecule has 0 bridgehead atoms. The van der Waals surface area contributed by atoms with Gasteiger partial charge in [-0.15, -0.1) is 0 Å². The Bertz CT molecular complexity index is 685. The van der Waals surface area contributed by atoms with Crippen LogP contribution in [-0.4, -0.2) is 17.0 Å². The molecule has 0 aliphatic carbocycles. The van der Waals surface area contributed by atoms with E-state index in [1.807, 2.05) is 30.3 Å². The second-order valence-corrected chi connectivity index (χ2v) is 5.41. The number of halogens is 1. The van der Waals surface area contributed by atoms with Gasteiger partial charge in [0.2, 0.25) is 0 Å². The molecule has 0 fully saturated rings. The zero-order chi connectivity index (χ0) is 17.4. The van der Waals surface area contributed by atoms with Gasteiger partial charge in [-0.05, 0) is 30.0 Å². The van der Waals surface area contributed by atoms with E-state index >= 15 is 0 Å². The average molecular weight is 330 g/mol. The van der Waals surface area contributed by atoms with Crippen LogP contribution in [0.15, 0.2) is 54.6 Å². The summed E-state index contributed by atoms with van der Waals surface area (Å²) in [6.07, 6.45) is -0.152. The third kappa shape index (κ3) is 5.50. The van der Waals surface area contributed by atoms with Gasteiger partial charge >= 0.3 is 11.9 Å². The van der Waals surface area contributed by atoms with Crippen LogP contribution in [0.25, 0.3) is 0 Å². The highest BCUT2D eigenvalue weighted by Crippen LogP contribution is 2.24. The molecule has 2 rings (SSSR count). The van der Waals surface area contributed by atoms with E-state index in [1.54, 1.807) is 18.2 Å². The second-order valence-electron chi connectivity index (χ2n) is 5.41. The summed E-state index contributed by atoms with van der Waals surface area (Å²) in [5.74, 6) is -1.91. The first kappa shape index (κ1) is 17.7. The molecule has 0 aromatic heterocycles. The van der Waals surface area contributed by atoms with Crippen molar-refractivity contribution >= 4 is 11.9 Å². The quantitative estimate of drug-likeness (QED) is 0.746. The fourth-order valence-electron chi connectivity index (χ4n) is 2.38. The molecule has 1 atom stereocenters. The first-order valence-electron chi connectivity index (χ1n) is 7.76. The normalized spacial score (nSPS) is 11.7. The van der Waals surface area contributed by atoms with Crippen LogP contribution in [0, 0.1) is 5.82 Å². The second kappa shape index (κ2) is 8.82. The number of ether oxygens (including phenoxy) is 1. The lowest BCUT2D eigenvalue weighted by atomic mass is 10.0. The Morgan fingerprint density at radius 2 is 1.67 bits per heavy atom. The molecule has 2 aromatic carbocycles. The third-order valence-electron chi connectivity index (χ3n) is 3.62. The van der Waals surface area contributed by atoms with Gasteiger partial charge in [0.15, 0.2) is 0 Å². The van der Waals surface area contributed by atoms with Gasteiger partial charge in [-0.1, -0.05) is 48.5 Å². The van der Waals surface area contributed by atoms with Crippen LogP contribution in [0.3, 0.4) is 0 Å². The lowest BCUT2D eigenvalue weighted by Gasteiger charge is -2.18. The minimum atomic E-state index is -1.05. The number of rotatable bonds is 8. The van der Waals surface area contributed by atoms with E-state index in [-0.39, 0.29) is 18.7 Å². The van der Waals surface area contributed by atoms with Crippen molar-refractivity contribution in [3.8, 4) is 0 Å². The zero-order valence-electron chi connectivity index (χ0n) is 13.2. The molecule has 0 radical (unpaired) electrons. The molecule has 0 saturated heterocycles. The number of hydrogen-bond acceptors (Lipinski definition) is 3. The van der Waals surface area contributed by atoms with Crippen molar-refractivity contribution in [1.29, 1.82) is 0 Å². The SMILES string of the molecule is O=C(O)CCC(=O)OC(CCc1ccccc1F)c1ccccc1.